The predicted molar refractivity (Wildman–Crippen MR) is 166 cm³/mol. The van der Waals surface area contributed by atoms with E-state index < -0.39 is 17.7 Å². The van der Waals surface area contributed by atoms with Crippen LogP contribution in [0.1, 0.15) is 64.9 Å². The Hall–Kier alpha value is -4.46. The van der Waals surface area contributed by atoms with Gasteiger partial charge in [-0.05, 0) is 59.2 Å². The van der Waals surface area contributed by atoms with Crippen LogP contribution in [0.15, 0.2) is 84.9 Å². The largest absolute Gasteiger partial charge is 0.469 e. The fraction of sp³-hybridized carbons (Fsp3) is 0.353. The van der Waals surface area contributed by atoms with Crippen LogP contribution in [0, 0.1) is 10.8 Å². The molecule has 222 valence electrons. The van der Waals surface area contributed by atoms with Gasteiger partial charge in [-0.3, -0.25) is 19.2 Å². The highest BCUT2D eigenvalue weighted by molar-refractivity contribution is 6.15. The molecular weight excluding hydrogens is 530 g/mol. The van der Waals surface area contributed by atoms with E-state index in [1.165, 1.54) is 7.11 Å². The first-order chi connectivity index (χ1) is 19.9. The second kappa shape index (κ2) is 14.4. The van der Waals surface area contributed by atoms with E-state index in [0.717, 1.165) is 6.42 Å². The van der Waals surface area contributed by atoms with Gasteiger partial charge in [-0.15, -0.1) is 0 Å². The zero-order valence-corrected chi connectivity index (χ0v) is 25.0. The van der Waals surface area contributed by atoms with E-state index in [1.807, 2.05) is 39.8 Å². The van der Waals surface area contributed by atoms with Gasteiger partial charge in [0, 0.05) is 23.5 Å². The lowest BCUT2D eigenvalue weighted by molar-refractivity contribution is -0.143. The van der Waals surface area contributed by atoms with Crippen LogP contribution in [-0.2, 0) is 23.9 Å². The van der Waals surface area contributed by atoms with Crippen molar-refractivity contribution in [2.45, 2.75) is 59.3 Å². The summed E-state index contributed by atoms with van der Waals surface area (Å²) < 4.78 is 4.87. The maximum atomic E-state index is 13.3. The molecule has 3 N–H and O–H groups in total. The van der Waals surface area contributed by atoms with Crippen LogP contribution in [0.2, 0.25) is 0 Å². The normalized spacial score (nSPS) is 12.6. The first kappa shape index (κ1) is 32.1. The Labute approximate surface area is 248 Å². The summed E-state index contributed by atoms with van der Waals surface area (Å²) >= 11 is 0. The van der Waals surface area contributed by atoms with Crippen molar-refractivity contribution in [3.63, 3.8) is 0 Å². The van der Waals surface area contributed by atoms with Crippen molar-refractivity contribution in [3.05, 3.63) is 90.5 Å². The Morgan fingerprint density at radius 2 is 1.17 bits per heavy atom. The minimum atomic E-state index is -1.13. The number of benzene rings is 3. The number of carbonyl (C=O) groups is 4. The van der Waals surface area contributed by atoms with E-state index in [4.69, 9.17) is 4.74 Å². The molecule has 0 bridgehead atoms. The van der Waals surface area contributed by atoms with Crippen LogP contribution in [0.25, 0.3) is 0 Å². The molecule has 3 amide bonds. The van der Waals surface area contributed by atoms with E-state index in [0.29, 0.717) is 35.5 Å². The van der Waals surface area contributed by atoms with Crippen LogP contribution in [0.4, 0.5) is 17.1 Å². The lowest BCUT2D eigenvalue weighted by Gasteiger charge is -2.36. The summed E-state index contributed by atoms with van der Waals surface area (Å²) in [6.07, 6.45) is 2.01. The van der Waals surface area contributed by atoms with Gasteiger partial charge in [-0.25, -0.2) is 0 Å². The van der Waals surface area contributed by atoms with Crippen LogP contribution in [0.3, 0.4) is 0 Å². The highest BCUT2D eigenvalue weighted by atomic mass is 16.5. The lowest BCUT2D eigenvalue weighted by Crippen LogP contribution is -2.32. The number of hydrogen-bond acceptors (Lipinski definition) is 5. The lowest BCUT2D eigenvalue weighted by atomic mass is 9.69. The second-order valence-electron chi connectivity index (χ2n) is 11.7. The number of amides is 3. The van der Waals surface area contributed by atoms with Crippen molar-refractivity contribution >= 4 is 40.8 Å². The Morgan fingerprint density at radius 3 is 1.62 bits per heavy atom. The number of rotatable bonds is 13. The molecule has 0 heterocycles. The Kier molecular flexibility index (Phi) is 11.0. The number of para-hydroxylation sites is 2. The van der Waals surface area contributed by atoms with Gasteiger partial charge in [0.1, 0.15) is 5.92 Å². The van der Waals surface area contributed by atoms with Crippen molar-refractivity contribution in [2.24, 2.45) is 10.8 Å². The summed E-state index contributed by atoms with van der Waals surface area (Å²) in [4.78, 5) is 51.6. The van der Waals surface area contributed by atoms with Gasteiger partial charge < -0.3 is 20.7 Å². The maximum absolute atomic E-state index is 13.3. The zero-order chi connectivity index (χ0) is 30.8. The minimum Gasteiger partial charge on any atom is -0.469 e. The number of anilines is 3. The van der Waals surface area contributed by atoms with Crippen molar-refractivity contribution in [1.29, 1.82) is 0 Å². The van der Waals surface area contributed by atoms with E-state index in [9.17, 15) is 19.2 Å². The summed E-state index contributed by atoms with van der Waals surface area (Å²) in [5, 5.41) is 8.57. The maximum Gasteiger partial charge on any atom is 0.306 e. The van der Waals surface area contributed by atoms with Crippen LogP contribution in [-0.4, -0.2) is 30.8 Å². The predicted octanol–water partition coefficient (Wildman–Crippen LogP) is 6.77. The average molecular weight is 572 g/mol. The number of methoxy groups -OCH3 is 1. The average Bonchev–Trinajstić information content (AvgIpc) is 2.94. The van der Waals surface area contributed by atoms with Crippen LogP contribution >= 0.6 is 0 Å². The summed E-state index contributed by atoms with van der Waals surface area (Å²) in [6.45, 7) is 8.11. The topological polar surface area (TPSA) is 114 Å². The van der Waals surface area contributed by atoms with Gasteiger partial charge in [0.15, 0.2) is 0 Å². The highest BCUT2D eigenvalue weighted by Crippen LogP contribution is 2.41. The van der Waals surface area contributed by atoms with E-state index >= 15 is 0 Å². The molecule has 0 saturated carbocycles. The smallest absolute Gasteiger partial charge is 0.306 e. The SMILES string of the molecule is CCC(C)(CC(=O)OC)CC(C)(C)CC(=O)Nc1ccc(C(C(=O)Nc2ccccc2)C(=O)Nc2ccccc2)cc1. The molecule has 0 aliphatic carbocycles. The molecule has 0 aliphatic heterocycles. The summed E-state index contributed by atoms with van der Waals surface area (Å²) in [7, 11) is 1.38. The standard InChI is InChI=1S/C34H41N3O5/c1-6-34(4,22-29(39)42-5)23-33(2,3)21-28(38)35-27-19-17-24(18-20-27)30(31(40)36-25-13-9-7-10-14-25)32(41)37-26-15-11-8-12-16-26/h7-20,30H,6,21-23H2,1-5H3,(H,35,38)(H,36,40)(H,37,41). The molecule has 42 heavy (non-hydrogen) atoms. The van der Waals surface area contributed by atoms with Crippen molar-refractivity contribution in [1.82, 2.24) is 0 Å². The molecule has 3 aromatic rings. The van der Waals surface area contributed by atoms with Gasteiger partial charge >= 0.3 is 5.97 Å². The Balaban J connectivity index is 1.72. The molecule has 1 unspecified atom stereocenters. The molecule has 3 rings (SSSR count). The number of ether oxygens (including phenoxy) is 1. The third kappa shape index (κ3) is 9.58. The Morgan fingerprint density at radius 1 is 0.690 bits per heavy atom. The number of esters is 1. The number of nitrogens with one attached hydrogen (secondary N) is 3. The third-order valence-electron chi connectivity index (χ3n) is 7.33. The third-order valence-corrected chi connectivity index (χ3v) is 7.33. The van der Waals surface area contributed by atoms with E-state index in [2.05, 4.69) is 16.0 Å². The summed E-state index contributed by atoms with van der Waals surface area (Å²) in [5.74, 6) is -2.49. The molecule has 1 atom stereocenters. The number of carbonyl (C=O) groups excluding carboxylic acids is 4. The molecule has 0 aromatic heterocycles. The quantitative estimate of drug-likeness (QED) is 0.155. The molecule has 0 spiro atoms. The second-order valence-corrected chi connectivity index (χ2v) is 11.7. The van der Waals surface area contributed by atoms with Crippen molar-refractivity contribution < 1.29 is 23.9 Å². The molecular formula is C34H41N3O5. The van der Waals surface area contributed by atoms with Gasteiger partial charge in [-0.2, -0.15) is 0 Å². The molecule has 8 nitrogen and oxygen atoms in total. The van der Waals surface area contributed by atoms with Gasteiger partial charge in [0.2, 0.25) is 17.7 Å². The van der Waals surface area contributed by atoms with E-state index in [-0.39, 0.29) is 29.1 Å². The first-order valence-corrected chi connectivity index (χ1v) is 14.1. The van der Waals surface area contributed by atoms with Crippen molar-refractivity contribution in [2.75, 3.05) is 23.1 Å². The zero-order valence-electron chi connectivity index (χ0n) is 25.0. The van der Waals surface area contributed by atoms with Crippen LogP contribution < -0.4 is 16.0 Å². The highest BCUT2D eigenvalue weighted by Gasteiger charge is 2.35. The molecule has 0 fully saturated rings. The van der Waals surface area contributed by atoms with E-state index in [1.54, 1.807) is 72.8 Å². The summed E-state index contributed by atoms with van der Waals surface area (Å²) in [5.41, 5.74) is 1.55. The Bertz CT molecular complexity index is 1300. The fourth-order valence-electron chi connectivity index (χ4n) is 5.24. The van der Waals surface area contributed by atoms with Gasteiger partial charge in [0.05, 0.1) is 13.5 Å². The molecule has 0 saturated heterocycles. The minimum absolute atomic E-state index is 0.163. The van der Waals surface area contributed by atoms with Crippen LogP contribution in [0.5, 0.6) is 0 Å². The first-order valence-electron chi connectivity index (χ1n) is 14.1. The number of hydrogen-bond donors (Lipinski definition) is 3. The van der Waals surface area contributed by atoms with Crippen molar-refractivity contribution in [3.8, 4) is 0 Å². The molecule has 0 radical (unpaired) electrons. The fourth-order valence-corrected chi connectivity index (χ4v) is 5.24. The van der Waals surface area contributed by atoms with Gasteiger partial charge in [-0.1, -0.05) is 82.6 Å². The monoisotopic (exact) mass is 571 g/mol. The molecule has 3 aromatic carbocycles. The van der Waals surface area contributed by atoms with Gasteiger partial charge in [0.25, 0.3) is 0 Å². The summed E-state index contributed by atoms with van der Waals surface area (Å²) in [6, 6.07) is 24.6. The molecule has 0 aliphatic rings. The molecule has 8 heteroatoms.